The minimum Gasteiger partial charge on any atom is -0.383 e. The summed E-state index contributed by atoms with van der Waals surface area (Å²) in [5.41, 5.74) is 1.16. The molecular formula is C14H16BrN3OS. The van der Waals surface area contributed by atoms with Crippen molar-refractivity contribution in [2.75, 3.05) is 20.3 Å². The summed E-state index contributed by atoms with van der Waals surface area (Å²) in [5, 5.41) is 5.22. The largest absolute Gasteiger partial charge is 0.383 e. The third-order valence-corrected chi connectivity index (χ3v) is 4.55. The van der Waals surface area contributed by atoms with Crippen LogP contribution in [-0.4, -0.2) is 30.2 Å². The Morgan fingerprint density at radius 1 is 1.20 bits per heavy atom. The molecule has 0 fully saturated rings. The third-order valence-electron chi connectivity index (χ3n) is 2.57. The van der Waals surface area contributed by atoms with Gasteiger partial charge in [-0.25, -0.2) is 9.97 Å². The van der Waals surface area contributed by atoms with Crippen molar-refractivity contribution in [3.8, 4) is 0 Å². The van der Waals surface area contributed by atoms with E-state index in [1.54, 1.807) is 31.3 Å². The van der Waals surface area contributed by atoms with Crippen LogP contribution >= 0.6 is 27.7 Å². The second-order valence-electron chi connectivity index (χ2n) is 4.03. The molecule has 0 aliphatic carbocycles. The lowest BCUT2D eigenvalue weighted by Crippen LogP contribution is -2.19. The van der Waals surface area contributed by atoms with E-state index < -0.39 is 0 Å². The van der Waals surface area contributed by atoms with E-state index in [4.69, 9.17) is 4.74 Å². The lowest BCUT2D eigenvalue weighted by Gasteiger charge is -2.09. The van der Waals surface area contributed by atoms with Crippen LogP contribution in [0.25, 0.3) is 0 Å². The van der Waals surface area contributed by atoms with Crippen molar-refractivity contribution >= 4 is 27.7 Å². The van der Waals surface area contributed by atoms with Gasteiger partial charge in [0.2, 0.25) is 0 Å². The molecule has 2 aromatic rings. The molecule has 1 N–H and O–H groups in total. The molecule has 2 aromatic heterocycles. The Morgan fingerprint density at radius 3 is 2.70 bits per heavy atom. The first-order chi connectivity index (χ1) is 9.81. The highest BCUT2D eigenvalue weighted by molar-refractivity contribution is 9.10. The molecule has 0 amide bonds. The highest BCUT2D eigenvalue weighted by Crippen LogP contribution is 2.31. The van der Waals surface area contributed by atoms with E-state index in [1.807, 2.05) is 18.2 Å². The fraction of sp³-hybridized carbons (Fsp3) is 0.286. The van der Waals surface area contributed by atoms with E-state index in [-0.39, 0.29) is 0 Å². The summed E-state index contributed by atoms with van der Waals surface area (Å²) in [6.07, 6.45) is 3.59. The van der Waals surface area contributed by atoms with E-state index >= 15 is 0 Å². The average molecular weight is 354 g/mol. The molecule has 0 saturated carbocycles. The molecular weight excluding hydrogens is 338 g/mol. The molecule has 2 rings (SSSR count). The van der Waals surface area contributed by atoms with Crippen molar-refractivity contribution in [2.45, 2.75) is 16.6 Å². The van der Waals surface area contributed by atoms with Crippen LogP contribution in [0.5, 0.6) is 0 Å². The molecule has 0 spiro atoms. The zero-order valence-corrected chi connectivity index (χ0v) is 13.6. The fourth-order valence-electron chi connectivity index (χ4n) is 1.59. The number of aromatic nitrogens is 2. The molecule has 0 bridgehead atoms. The second-order valence-corrected chi connectivity index (χ2v) is 5.86. The minimum atomic E-state index is 0.703. The lowest BCUT2D eigenvalue weighted by atomic mass is 10.3. The predicted molar refractivity (Wildman–Crippen MR) is 83.9 cm³/mol. The second kappa shape index (κ2) is 8.36. The number of ether oxygens (including phenoxy) is 1. The van der Waals surface area contributed by atoms with Crippen molar-refractivity contribution in [3.05, 3.63) is 46.7 Å². The summed E-state index contributed by atoms with van der Waals surface area (Å²) >= 11 is 5.07. The van der Waals surface area contributed by atoms with Gasteiger partial charge in [0.15, 0.2) is 0 Å². The first-order valence-corrected chi connectivity index (χ1v) is 7.84. The summed E-state index contributed by atoms with van der Waals surface area (Å²) in [7, 11) is 1.70. The number of nitrogens with zero attached hydrogens (tertiary/aromatic N) is 2. The van der Waals surface area contributed by atoms with Crippen LogP contribution < -0.4 is 5.32 Å². The maximum absolute atomic E-state index is 5.02. The molecule has 0 aromatic carbocycles. The normalized spacial score (nSPS) is 10.7. The Balaban J connectivity index is 2.06. The topological polar surface area (TPSA) is 47.0 Å². The van der Waals surface area contributed by atoms with Gasteiger partial charge in [0.05, 0.1) is 11.1 Å². The molecule has 0 saturated heterocycles. The van der Waals surface area contributed by atoms with Crippen LogP contribution in [0.2, 0.25) is 0 Å². The van der Waals surface area contributed by atoms with Crippen molar-refractivity contribution in [1.29, 1.82) is 0 Å². The minimum absolute atomic E-state index is 0.703. The molecule has 2 heterocycles. The van der Waals surface area contributed by atoms with Gasteiger partial charge < -0.3 is 10.1 Å². The summed E-state index contributed by atoms with van der Waals surface area (Å²) in [5.74, 6) is 0. The third kappa shape index (κ3) is 4.56. The Kier molecular flexibility index (Phi) is 6.46. The standard InChI is InChI=1S/C14H16BrN3OS/c1-19-9-8-16-10-11-4-2-6-17-13(11)20-14-12(15)5-3-7-18-14/h2-7,16H,8-10H2,1H3. The molecule has 6 heteroatoms. The van der Waals surface area contributed by atoms with E-state index in [0.29, 0.717) is 6.61 Å². The number of hydrogen-bond acceptors (Lipinski definition) is 5. The van der Waals surface area contributed by atoms with Gasteiger partial charge in [-0.2, -0.15) is 0 Å². The van der Waals surface area contributed by atoms with Gasteiger partial charge in [-0.15, -0.1) is 0 Å². The summed E-state index contributed by atoms with van der Waals surface area (Å²) < 4.78 is 6.00. The average Bonchev–Trinajstić information content (AvgIpc) is 2.47. The van der Waals surface area contributed by atoms with E-state index in [0.717, 1.165) is 33.2 Å². The van der Waals surface area contributed by atoms with Crippen LogP contribution in [0.4, 0.5) is 0 Å². The van der Waals surface area contributed by atoms with Gasteiger partial charge in [-0.3, -0.25) is 0 Å². The maximum Gasteiger partial charge on any atom is 0.116 e. The molecule has 106 valence electrons. The van der Waals surface area contributed by atoms with Crippen LogP contribution in [0, 0.1) is 0 Å². The predicted octanol–water partition coefficient (Wildman–Crippen LogP) is 3.13. The Hall–Kier alpha value is -0.950. The van der Waals surface area contributed by atoms with E-state index in [1.165, 1.54) is 0 Å². The van der Waals surface area contributed by atoms with Crippen molar-refractivity contribution in [2.24, 2.45) is 0 Å². The highest BCUT2D eigenvalue weighted by atomic mass is 79.9. The van der Waals surface area contributed by atoms with E-state index in [9.17, 15) is 0 Å². The SMILES string of the molecule is COCCNCc1cccnc1Sc1ncccc1Br. The van der Waals surface area contributed by atoms with Crippen LogP contribution in [0.3, 0.4) is 0 Å². The van der Waals surface area contributed by atoms with Gasteiger partial charge in [0.25, 0.3) is 0 Å². The summed E-state index contributed by atoms with van der Waals surface area (Å²) in [6, 6.07) is 7.91. The van der Waals surface area contributed by atoms with Crippen LogP contribution in [0.15, 0.2) is 51.2 Å². The molecule has 4 nitrogen and oxygen atoms in total. The van der Waals surface area contributed by atoms with Gasteiger partial charge in [-0.1, -0.05) is 6.07 Å². The zero-order valence-electron chi connectivity index (χ0n) is 11.2. The summed E-state index contributed by atoms with van der Waals surface area (Å²) in [4.78, 5) is 8.80. The summed E-state index contributed by atoms with van der Waals surface area (Å²) in [6.45, 7) is 2.29. The molecule has 0 aliphatic heterocycles. The van der Waals surface area contributed by atoms with Crippen molar-refractivity contribution in [3.63, 3.8) is 0 Å². The first kappa shape index (κ1) is 15.4. The van der Waals surface area contributed by atoms with Gasteiger partial charge in [-0.05, 0) is 51.5 Å². The molecule has 20 heavy (non-hydrogen) atoms. The van der Waals surface area contributed by atoms with Gasteiger partial charge >= 0.3 is 0 Å². The number of nitrogens with one attached hydrogen (secondary N) is 1. The smallest absolute Gasteiger partial charge is 0.116 e. The molecule has 0 radical (unpaired) electrons. The van der Waals surface area contributed by atoms with Gasteiger partial charge in [0, 0.05) is 32.6 Å². The van der Waals surface area contributed by atoms with E-state index in [2.05, 4.69) is 37.3 Å². The number of pyridine rings is 2. The van der Waals surface area contributed by atoms with Gasteiger partial charge in [0.1, 0.15) is 10.1 Å². The quantitative estimate of drug-likeness (QED) is 0.774. The number of hydrogen-bond donors (Lipinski definition) is 1. The van der Waals surface area contributed by atoms with Crippen LogP contribution in [-0.2, 0) is 11.3 Å². The fourth-order valence-corrected chi connectivity index (χ4v) is 2.93. The zero-order chi connectivity index (χ0) is 14.2. The highest BCUT2D eigenvalue weighted by Gasteiger charge is 2.08. The van der Waals surface area contributed by atoms with Crippen molar-refractivity contribution < 1.29 is 4.74 Å². The number of methoxy groups -OCH3 is 1. The maximum atomic E-state index is 5.02. The lowest BCUT2D eigenvalue weighted by molar-refractivity contribution is 0.199. The van der Waals surface area contributed by atoms with Crippen LogP contribution in [0.1, 0.15) is 5.56 Å². The number of halogens is 1. The Bertz CT molecular complexity index is 553. The first-order valence-electron chi connectivity index (χ1n) is 6.23. The molecule has 0 atom stereocenters. The Labute approximate surface area is 131 Å². The van der Waals surface area contributed by atoms with Crippen molar-refractivity contribution in [1.82, 2.24) is 15.3 Å². The molecule has 0 unspecified atom stereocenters. The Morgan fingerprint density at radius 2 is 1.95 bits per heavy atom. The molecule has 0 aliphatic rings. The monoisotopic (exact) mass is 353 g/mol. The number of rotatable bonds is 7.